The summed E-state index contributed by atoms with van der Waals surface area (Å²) in [4.78, 5) is 37.6. The molecule has 1 N–H and O–H groups in total. The predicted molar refractivity (Wildman–Crippen MR) is 116 cm³/mol. The Balaban J connectivity index is 1.66. The molecule has 1 aliphatic rings. The number of carbonyl (C=O) groups excluding carboxylic acids is 2. The summed E-state index contributed by atoms with van der Waals surface area (Å²) >= 11 is 6.04. The van der Waals surface area contributed by atoms with Gasteiger partial charge < -0.3 is 15.0 Å². The molecule has 8 nitrogen and oxygen atoms in total. The van der Waals surface area contributed by atoms with Crippen LogP contribution in [0.2, 0.25) is 5.02 Å². The third-order valence-electron chi connectivity index (χ3n) is 4.87. The van der Waals surface area contributed by atoms with Gasteiger partial charge in [0.15, 0.2) is 5.75 Å². The van der Waals surface area contributed by atoms with Crippen molar-refractivity contribution in [1.29, 1.82) is 0 Å². The lowest BCUT2D eigenvalue weighted by atomic mass is 10.1. The van der Waals surface area contributed by atoms with Gasteiger partial charge in [0.1, 0.15) is 5.75 Å². The van der Waals surface area contributed by atoms with E-state index in [0.717, 1.165) is 11.6 Å². The Bertz CT molecular complexity index is 1260. The van der Waals surface area contributed by atoms with Crippen LogP contribution in [-0.4, -0.2) is 23.8 Å². The predicted octanol–water partition coefficient (Wildman–Crippen LogP) is 5.19. The molecule has 1 heterocycles. The molecule has 0 aromatic heterocycles. The third kappa shape index (κ3) is 3.80. The Kier molecular flexibility index (Phi) is 5.08. The number of anilines is 2. The second-order valence-corrected chi connectivity index (χ2v) is 7.43. The molecule has 9 heteroatoms. The number of non-ortho nitro benzene ring substituents is 1. The van der Waals surface area contributed by atoms with Crippen molar-refractivity contribution in [2.45, 2.75) is 6.92 Å². The summed E-state index contributed by atoms with van der Waals surface area (Å²) < 4.78 is 5.93. The van der Waals surface area contributed by atoms with Gasteiger partial charge in [-0.15, -0.1) is 0 Å². The third-order valence-corrected chi connectivity index (χ3v) is 5.20. The number of hydrogen-bond acceptors (Lipinski definition) is 5. The van der Waals surface area contributed by atoms with E-state index in [1.165, 1.54) is 23.1 Å². The van der Waals surface area contributed by atoms with E-state index in [4.69, 9.17) is 16.3 Å². The minimum Gasteiger partial charge on any atom is -0.454 e. The average Bonchev–Trinajstić information content (AvgIpc) is 2.83. The molecule has 0 fully saturated rings. The normalized spacial score (nSPS) is 12.4. The number of nitro benzene ring substituents is 1. The minimum atomic E-state index is -0.636. The van der Waals surface area contributed by atoms with E-state index in [-0.39, 0.29) is 27.7 Å². The molecule has 3 aromatic rings. The molecular formula is C22H16ClN3O5. The van der Waals surface area contributed by atoms with Crippen molar-refractivity contribution in [3.63, 3.8) is 0 Å². The molecule has 0 unspecified atom stereocenters. The monoisotopic (exact) mass is 437 g/mol. The van der Waals surface area contributed by atoms with Crippen LogP contribution in [0.3, 0.4) is 0 Å². The molecule has 1 aliphatic heterocycles. The maximum Gasteiger partial charge on any atom is 0.270 e. The molecule has 156 valence electrons. The summed E-state index contributed by atoms with van der Waals surface area (Å²) in [6, 6.07) is 13.8. The Morgan fingerprint density at radius 2 is 1.84 bits per heavy atom. The van der Waals surface area contributed by atoms with Crippen molar-refractivity contribution in [3.8, 4) is 11.5 Å². The number of halogens is 1. The van der Waals surface area contributed by atoms with Crippen LogP contribution in [0.1, 0.15) is 26.3 Å². The molecule has 0 spiro atoms. The van der Waals surface area contributed by atoms with Crippen LogP contribution in [0.15, 0.2) is 54.6 Å². The van der Waals surface area contributed by atoms with Crippen molar-refractivity contribution in [1.82, 2.24) is 0 Å². The molecule has 3 aromatic carbocycles. The van der Waals surface area contributed by atoms with Gasteiger partial charge in [0.25, 0.3) is 17.5 Å². The smallest absolute Gasteiger partial charge is 0.270 e. The first kappa shape index (κ1) is 20.4. The number of amides is 2. The van der Waals surface area contributed by atoms with Gasteiger partial charge in [0, 0.05) is 24.9 Å². The lowest BCUT2D eigenvalue weighted by Gasteiger charge is -2.16. The Labute approximate surface area is 182 Å². The Hall–Kier alpha value is -3.91. The van der Waals surface area contributed by atoms with Gasteiger partial charge in [-0.05, 0) is 48.9 Å². The van der Waals surface area contributed by atoms with Gasteiger partial charge in [-0.2, -0.15) is 0 Å². The van der Waals surface area contributed by atoms with Crippen LogP contribution in [0.4, 0.5) is 17.1 Å². The fourth-order valence-electron chi connectivity index (χ4n) is 3.25. The first-order valence-electron chi connectivity index (χ1n) is 9.20. The van der Waals surface area contributed by atoms with E-state index < -0.39 is 10.8 Å². The van der Waals surface area contributed by atoms with E-state index >= 15 is 0 Å². The summed E-state index contributed by atoms with van der Waals surface area (Å²) in [6.45, 7) is 1.92. The van der Waals surface area contributed by atoms with Crippen LogP contribution < -0.4 is 15.0 Å². The minimum absolute atomic E-state index is 0.0478. The van der Waals surface area contributed by atoms with E-state index in [0.29, 0.717) is 22.9 Å². The summed E-state index contributed by atoms with van der Waals surface area (Å²) in [5.41, 5.74) is 1.89. The van der Waals surface area contributed by atoms with E-state index in [9.17, 15) is 19.7 Å². The highest BCUT2D eigenvalue weighted by molar-refractivity contribution is 6.34. The fourth-order valence-corrected chi connectivity index (χ4v) is 3.45. The zero-order valence-corrected chi connectivity index (χ0v) is 17.3. The summed E-state index contributed by atoms with van der Waals surface area (Å²) in [6.07, 6.45) is 0. The van der Waals surface area contributed by atoms with Crippen molar-refractivity contribution >= 4 is 40.5 Å². The molecular weight excluding hydrogens is 422 g/mol. The number of carbonyl (C=O) groups is 2. The first-order valence-corrected chi connectivity index (χ1v) is 9.58. The summed E-state index contributed by atoms with van der Waals surface area (Å²) in [7, 11) is 1.65. The largest absolute Gasteiger partial charge is 0.454 e. The highest BCUT2D eigenvalue weighted by Crippen LogP contribution is 2.39. The van der Waals surface area contributed by atoms with Crippen LogP contribution in [0.25, 0.3) is 0 Å². The molecule has 0 saturated heterocycles. The SMILES string of the molecule is Cc1ccc2c(c1)N(C)C(=O)c1cc(NC(=O)c3cc([N+](=O)[O-])ccc3Cl)ccc1O2. The van der Waals surface area contributed by atoms with Crippen molar-refractivity contribution in [2.24, 2.45) is 0 Å². The zero-order valence-electron chi connectivity index (χ0n) is 16.5. The summed E-state index contributed by atoms with van der Waals surface area (Å²) in [5.74, 6) is -0.0436. The maximum atomic E-state index is 13.0. The van der Waals surface area contributed by atoms with E-state index in [2.05, 4.69) is 5.32 Å². The molecule has 0 aliphatic carbocycles. The van der Waals surface area contributed by atoms with Gasteiger partial charge in [-0.1, -0.05) is 17.7 Å². The van der Waals surface area contributed by atoms with Crippen molar-refractivity contribution < 1.29 is 19.2 Å². The number of nitrogens with one attached hydrogen (secondary N) is 1. The number of ether oxygens (including phenoxy) is 1. The fraction of sp³-hybridized carbons (Fsp3) is 0.0909. The quantitative estimate of drug-likeness (QED) is 0.448. The number of nitrogens with zero attached hydrogens (tertiary/aromatic N) is 2. The molecule has 0 radical (unpaired) electrons. The number of benzene rings is 3. The van der Waals surface area contributed by atoms with E-state index in [1.807, 2.05) is 19.1 Å². The van der Waals surface area contributed by atoms with Crippen LogP contribution >= 0.6 is 11.6 Å². The lowest BCUT2D eigenvalue weighted by molar-refractivity contribution is -0.384. The van der Waals surface area contributed by atoms with Crippen LogP contribution in [-0.2, 0) is 0 Å². The number of nitro groups is 1. The lowest BCUT2D eigenvalue weighted by Crippen LogP contribution is -2.25. The van der Waals surface area contributed by atoms with Gasteiger partial charge in [0.05, 0.1) is 26.8 Å². The van der Waals surface area contributed by atoms with E-state index in [1.54, 1.807) is 25.2 Å². The highest BCUT2D eigenvalue weighted by Gasteiger charge is 2.26. The second-order valence-electron chi connectivity index (χ2n) is 7.02. The number of fused-ring (bicyclic) bond motifs is 2. The van der Waals surface area contributed by atoms with Crippen LogP contribution in [0.5, 0.6) is 11.5 Å². The van der Waals surface area contributed by atoms with Gasteiger partial charge in [-0.3, -0.25) is 19.7 Å². The maximum absolute atomic E-state index is 13.0. The van der Waals surface area contributed by atoms with Crippen LogP contribution in [0, 0.1) is 17.0 Å². The number of hydrogen-bond donors (Lipinski definition) is 1. The highest BCUT2D eigenvalue weighted by atomic mass is 35.5. The number of aryl methyl sites for hydroxylation is 1. The zero-order chi connectivity index (χ0) is 22.3. The molecule has 4 rings (SSSR count). The molecule has 0 atom stereocenters. The average molecular weight is 438 g/mol. The molecule has 31 heavy (non-hydrogen) atoms. The Morgan fingerprint density at radius 1 is 1.10 bits per heavy atom. The summed E-state index contributed by atoms with van der Waals surface area (Å²) in [5, 5.41) is 13.7. The molecule has 0 saturated carbocycles. The van der Waals surface area contributed by atoms with Gasteiger partial charge in [0.2, 0.25) is 0 Å². The number of rotatable bonds is 3. The van der Waals surface area contributed by atoms with Crippen molar-refractivity contribution in [3.05, 3.63) is 86.4 Å². The van der Waals surface area contributed by atoms with Gasteiger partial charge >= 0.3 is 0 Å². The Morgan fingerprint density at radius 3 is 2.58 bits per heavy atom. The second kappa shape index (κ2) is 7.73. The van der Waals surface area contributed by atoms with Gasteiger partial charge in [-0.25, -0.2) is 0 Å². The van der Waals surface area contributed by atoms with Crippen molar-refractivity contribution in [2.75, 3.05) is 17.3 Å². The molecule has 2 amide bonds. The standard InChI is InChI=1S/C22H16ClN3O5/c1-12-3-7-20-18(9-12)25(2)22(28)16-10-13(4-8-19(16)31-20)24-21(27)15-11-14(26(29)30)5-6-17(15)23/h3-11H,1-2H3,(H,24,27). The first-order chi connectivity index (χ1) is 14.7. The molecule has 0 bridgehead atoms. The topological polar surface area (TPSA) is 102 Å².